The fraction of sp³-hybridized carbons (Fsp3) is 0.647. The molecule has 2 rings (SSSR count). The lowest BCUT2D eigenvalue weighted by molar-refractivity contribution is 0.0892. The van der Waals surface area contributed by atoms with Crippen LogP contribution in [0.1, 0.15) is 24.8 Å². The van der Waals surface area contributed by atoms with E-state index in [1.165, 1.54) is 6.42 Å². The highest BCUT2D eigenvalue weighted by atomic mass is 19.2. The van der Waals surface area contributed by atoms with Gasteiger partial charge >= 0.3 is 0 Å². The summed E-state index contributed by atoms with van der Waals surface area (Å²) in [6, 6.07) is 1.20. The first-order valence-corrected chi connectivity index (χ1v) is 8.10. The molecule has 3 nitrogen and oxygen atoms in total. The second-order valence-corrected chi connectivity index (χ2v) is 6.37. The highest BCUT2D eigenvalue weighted by Crippen LogP contribution is 2.18. The van der Waals surface area contributed by atoms with Gasteiger partial charge in [-0.15, -0.1) is 0 Å². The smallest absolute Gasteiger partial charge is 0.161 e. The maximum atomic E-state index is 13.6. The number of benzene rings is 1. The van der Waals surface area contributed by atoms with Crippen molar-refractivity contribution >= 4 is 0 Å². The van der Waals surface area contributed by atoms with Crippen molar-refractivity contribution in [1.29, 1.82) is 0 Å². The molecular formula is C17H25F3N2O. The monoisotopic (exact) mass is 330 g/mol. The maximum absolute atomic E-state index is 13.6. The van der Waals surface area contributed by atoms with Crippen molar-refractivity contribution in [3.8, 4) is 0 Å². The fourth-order valence-electron chi connectivity index (χ4n) is 3.18. The third-order valence-electron chi connectivity index (χ3n) is 4.39. The molecule has 1 saturated heterocycles. The van der Waals surface area contributed by atoms with Crippen LogP contribution in [0.3, 0.4) is 0 Å². The summed E-state index contributed by atoms with van der Waals surface area (Å²) in [6.45, 7) is 3.61. The van der Waals surface area contributed by atoms with Crippen LogP contribution in [0.5, 0.6) is 0 Å². The van der Waals surface area contributed by atoms with E-state index in [9.17, 15) is 13.2 Å². The summed E-state index contributed by atoms with van der Waals surface area (Å²) in [5.41, 5.74) is 6.17. The van der Waals surface area contributed by atoms with Gasteiger partial charge in [-0.25, -0.2) is 13.2 Å². The van der Waals surface area contributed by atoms with Crippen molar-refractivity contribution in [1.82, 2.24) is 4.90 Å². The second kappa shape index (κ2) is 8.66. The zero-order chi connectivity index (χ0) is 16.8. The largest absolute Gasteiger partial charge is 0.384 e. The molecule has 1 fully saturated rings. The van der Waals surface area contributed by atoms with Crippen molar-refractivity contribution < 1.29 is 17.9 Å². The van der Waals surface area contributed by atoms with E-state index in [0.29, 0.717) is 18.4 Å². The van der Waals surface area contributed by atoms with Crippen LogP contribution in [0.4, 0.5) is 13.2 Å². The molecule has 0 bridgehead atoms. The fourth-order valence-corrected chi connectivity index (χ4v) is 3.18. The first-order valence-electron chi connectivity index (χ1n) is 8.10. The minimum absolute atomic E-state index is 0.132. The van der Waals surface area contributed by atoms with Gasteiger partial charge in [0.05, 0.1) is 6.61 Å². The quantitative estimate of drug-likeness (QED) is 0.781. The number of ether oxygens (including phenoxy) is 1. The van der Waals surface area contributed by atoms with Crippen molar-refractivity contribution in [2.75, 3.05) is 33.4 Å². The maximum Gasteiger partial charge on any atom is 0.161 e. The molecule has 2 N–H and O–H groups in total. The van der Waals surface area contributed by atoms with Crippen LogP contribution in [0.15, 0.2) is 12.1 Å². The summed E-state index contributed by atoms with van der Waals surface area (Å²) in [4.78, 5) is 2.34. The molecule has 2 unspecified atom stereocenters. The van der Waals surface area contributed by atoms with Crippen LogP contribution in [0.2, 0.25) is 0 Å². The molecule has 1 aromatic carbocycles. The second-order valence-electron chi connectivity index (χ2n) is 6.37. The molecule has 1 heterocycles. The van der Waals surface area contributed by atoms with E-state index in [1.54, 1.807) is 7.11 Å². The van der Waals surface area contributed by atoms with E-state index in [1.807, 2.05) is 0 Å². The van der Waals surface area contributed by atoms with Crippen molar-refractivity contribution in [3.63, 3.8) is 0 Å². The number of hydrogen-bond donors (Lipinski definition) is 1. The molecule has 0 saturated carbocycles. The Kier molecular flexibility index (Phi) is 6.87. The lowest BCUT2D eigenvalue weighted by Crippen LogP contribution is -2.39. The number of nitrogens with two attached hydrogens (primary N) is 1. The van der Waals surface area contributed by atoms with Gasteiger partial charge in [0.25, 0.3) is 0 Å². The van der Waals surface area contributed by atoms with Gasteiger partial charge in [-0.1, -0.05) is 0 Å². The third kappa shape index (κ3) is 5.48. The van der Waals surface area contributed by atoms with Gasteiger partial charge in [0.15, 0.2) is 11.6 Å². The van der Waals surface area contributed by atoms with E-state index >= 15 is 0 Å². The Hall–Kier alpha value is -1.11. The Bertz CT molecular complexity index is 511. The van der Waals surface area contributed by atoms with Crippen LogP contribution in [-0.2, 0) is 11.2 Å². The topological polar surface area (TPSA) is 38.5 Å². The van der Waals surface area contributed by atoms with Crippen molar-refractivity contribution in [3.05, 3.63) is 35.1 Å². The van der Waals surface area contributed by atoms with Crippen LogP contribution >= 0.6 is 0 Å². The van der Waals surface area contributed by atoms with E-state index in [2.05, 4.69) is 4.90 Å². The summed E-state index contributed by atoms with van der Waals surface area (Å²) >= 11 is 0. The lowest BCUT2D eigenvalue weighted by atomic mass is 9.98. The zero-order valence-corrected chi connectivity index (χ0v) is 13.5. The van der Waals surface area contributed by atoms with E-state index in [0.717, 1.165) is 38.7 Å². The summed E-state index contributed by atoms with van der Waals surface area (Å²) in [6.07, 6.45) is 3.22. The van der Waals surface area contributed by atoms with E-state index in [-0.39, 0.29) is 18.0 Å². The lowest BCUT2D eigenvalue weighted by Gasteiger charge is -2.33. The van der Waals surface area contributed by atoms with Gasteiger partial charge < -0.3 is 15.4 Å². The van der Waals surface area contributed by atoms with Crippen molar-refractivity contribution in [2.45, 2.75) is 31.7 Å². The molecule has 1 aromatic rings. The molecule has 130 valence electrons. The van der Waals surface area contributed by atoms with Crippen LogP contribution in [-0.4, -0.2) is 44.3 Å². The Labute approximate surface area is 135 Å². The van der Waals surface area contributed by atoms with Gasteiger partial charge in [0, 0.05) is 25.8 Å². The highest BCUT2D eigenvalue weighted by molar-refractivity contribution is 5.21. The Morgan fingerprint density at radius 1 is 1.26 bits per heavy atom. The summed E-state index contributed by atoms with van der Waals surface area (Å²) < 4.78 is 45.0. The molecule has 0 amide bonds. The number of likely N-dealkylation sites (tertiary alicyclic amines) is 1. The standard InChI is InChI=1S/C17H25F3N2O/c1-23-11-12-3-2-5-22(10-12)6-4-14(21)7-13-8-16(19)17(20)9-15(13)18/h8-9,12,14H,2-7,10-11,21H2,1H3. The predicted octanol–water partition coefficient (Wildman–Crippen LogP) is 2.72. The van der Waals surface area contributed by atoms with E-state index < -0.39 is 17.5 Å². The number of hydrogen-bond acceptors (Lipinski definition) is 3. The minimum atomic E-state index is -1.17. The Morgan fingerprint density at radius 2 is 2.00 bits per heavy atom. The molecule has 23 heavy (non-hydrogen) atoms. The molecule has 2 atom stereocenters. The first-order chi connectivity index (χ1) is 11.0. The predicted molar refractivity (Wildman–Crippen MR) is 83.7 cm³/mol. The Balaban J connectivity index is 1.81. The molecule has 0 aliphatic carbocycles. The molecule has 6 heteroatoms. The third-order valence-corrected chi connectivity index (χ3v) is 4.39. The molecule has 0 aromatic heterocycles. The van der Waals surface area contributed by atoms with Gasteiger partial charge in [-0.2, -0.15) is 0 Å². The number of methoxy groups -OCH3 is 1. The number of halogens is 3. The van der Waals surface area contributed by atoms with Crippen LogP contribution in [0.25, 0.3) is 0 Å². The molecule has 0 radical (unpaired) electrons. The first kappa shape index (κ1) is 18.2. The van der Waals surface area contributed by atoms with E-state index in [4.69, 9.17) is 10.5 Å². The number of nitrogens with zero attached hydrogens (tertiary/aromatic N) is 1. The summed E-state index contributed by atoms with van der Waals surface area (Å²) in [5.74, 6) is -2.39. The molecule has 0 spiro atoms. The number of piperidine rings is 1. The minimum Gasteiger partial charge on any atom is -0.384 e. The van der Waals surface area contributed by atoms with Crippen molar-refractivity contribution in [2.24, 2.45) is 11.7 Å². The van der Waals surface area contributed by atoms with Crippen LogP contribution < -0.4 is 5.73 Å². The normalized spacial score (nSPS) is 20.7. The van der Waals surface area contributed by atoms with Gasteiger partial charge in [0.2, 0.25) is 0 Å². The summed E-state index contributed by atoms with van der Waals surface area (Å²) in [5, 5.41) is 0. The number of rotatable bonds is 7. The Morgan fingerprint density at radius 3 is 2.74 bits per heavy atom. The highest BCUT2D eigenvalue weighted by Gasteiger charge is 2.20. The van der Waals surface area contributed by atoms with Gasteiger partial charge in [0.1, 0.15) is 5.82 Å². The summed E-state index contributed by atoms with van der Waals surface area (Å²) in [7, 11) is 1.71. The van der Waals surface area contributed by atoms with Gasteiger partial charge in [-0.3, -0.25) is 0 Å². The van der Waals surface area contributed by atoms with Crippen LogP contribution in [0, 0.1) is 23.4 Å². The zero-order valence-electron chi connectivity index (χ0n) is 13.5. The average molecular weight is 330 g/mol. The average Bonchev–Trinajstić information content (AvgIpc) is 2.51. The molecule has 1 aliphatic rings. The molecule has 1 aliphatic heterocycles. The SMILES string of the molecule is COCC1CCCN(CCC(N)Cc2cc(F)c(F)cc2F)C1. The molecular weight excluding hydrogens is 305 g/mol. The van der Waals surface area contributed by atoms with Gasteiger partial charge in [-0.05, 0) is 56.3 Å².